The smallest absolute Gasteiger partial charge is 0.191 e. The predicted molar refractivity (Wildman–Crippen MR) is 96.0 cm³/mol. The highest BCUT2D eigenvalue weighted by molar-refractivity contribution is 5.79. The number of hydrogen-bond donors (Lipinski definition) is 3. The molecule has 5 nitrogen and oxygen atoms in total. The summed E-state index contributed by atoms with van der Waals surface area (Å²) in [6.07, 6.45) is 6.35. The fraction of sp³-hybridized carbons (Fsp3) is 0.368. The van der Waals surface area contributed by atoms with Crippen LogP contribution in [0.3, 0.4) is 0 Å². The van der Waals surface area contributed by atoms with Crippen molar-refractivity contribution in [3.63, 3.8) is 0 Å². The summed E-state index contributed by atoms with van der Waals surface area (Å²) >= 11 is 0. The molecule has 3 rings (SSSR count). The van der Waals surface area contributed by atoms with Gasteiger partial charge in [-0.2, -0.15) is 0 Å². The van der Waals surface area contributed by atoms with E-state index in [1.807, 2.05) is 24.3 Å². The van der Waals surface area contributed by atoms with Crippen molar-refractivity contribution in [1.82, 2.24) is 15.6 Å². The number of aromatic hydroxyl groups is 1. The van der Waals surface area contributed by atoms with E-state index >= 15 is 0 Å². The summed E-state index contributed by atoms with van der Waals surface area (Å²) in [5.41, 5.74) is 4.62. The van der Waals surface area contributed by atoms with Gasteiger partial charge in [0.1, 0.15) is 5.75 Å². The zero-order valence-corrected chi connectivity index (χ0v) is 14.0. The minimum atomic E-state index is 0.364. The average Bonchev–Trinajstić information content (AvgIpc) is 2.64. The summed E-state index contributed by atoms with van der Waals surface area (Å²) in [6, 6.07) is 9.71. The highest BCUT2D eigenvalue weighted by atomic mass is 16.3. The molecule has 0 atom stereocenters. The quantitative estimate of drug-likeness (QED) is 0.597. The van der Waals surface area contributed by atoms with Gasteiger partial charge in [-0.25, -0.2) is 0 Å². The van der Waals surface area contributed by atoms with Gasteiger partial charge in [0.15, 0.2) is 5.96 Å². The third-order valence-electron chi connectivity index (χ3n) is 4.45. The number of phenols is 1. The highest BCUT2D eigenvalue weighted by Crippen LogP contribution is 2.30. The topological polar surface area (TPSA) is 69.5 Å². The molecule has 0 fully saturated rings. The fourth-order valence-electron chi connectivity index (χ4n) is 3.16. The van der Waals surface area contributed by atoms with E-state index in [9.17, 15) is 5.11 Å². The molecule has 1 aliphatic rings. The monoisotopic (exact) mass is 324 g/mol. The molecule has 1 aliphatic carbocycles. The van der Waals surface area contributed by atoms with Crippen molar-refractivity contribution in [3.05, 3.63) is 58.9 Å². The van der Waals surface area contributed by atoms with Gasteiger partial charge in [0.25, 0.3) is 0 Å². The van der Waals surface area contributed by atoms with Gasteiger partial charge in [-0.1, -0.05) is 12.1 Å². The summed E-state index contributed by atoms with van der Waals surface area (Å²) < 4.78 is 0. The number of hydrogen-bond acceptors (Lipinski definition) is 3. The van der Waals surface area contributed by atoms with Crippen LogP contribution in [-0.2, 0) is 25.9 Å². The molecule has 0 saturated carbocycles. The van der Waals surface area contributed by atoms with Crippen molar-refractivity contribution in [2.45, 2.75) is 38.8 Å². The summed E-state index contributed by atoms with van der Waals surface area (Å²) in [5, 5.41) is 16.8. The number of benzene rings is 1. The number of pyridine rings is 1. The molecular weight excluding hydrogens is 300 g/mol. The number of phenolic OH excluding ortho intramolecular Hbond substituents is 1. The molecule has 0 bridgehead atoms. The maximum atomic E-state index is 10.2. The Bertz CT molecular complexity index is 713. The first-order valence-corrected chi connectivity index (χ1v) is 8.45. The van der Waals surface area contributed by atoms with Crippen molar-refractivity contribution in [3.8, 4) is 5.75 Å². The second kappa shape index (κ2) is 7.81. The Morgan fingerprint density at radius 2 is 1.96 bits per heavy atom. The van der Waals surface area contributed by atoms with Gasteiger partial charge in [-0.3, -0.25) is 9.98 Å². The molecule has 24 heavy (non-hydrogen) atoms. The SMILES string of the molecule is CN=C(NCc1ccccn1)NCc1c(O)ccc2c1CCCC2. The van der Waals surface area contributed by atoms with Crippen LogP contribution in [0.15, 0.2) is 41.5 Å². The molecule has 2 aromatic rings. The minimum Gasteiger partial charge on any atom is -0.508 e. The van der Waals surface area contributed by atoms with Crippen LogP contribution in [0.25, 0.3) is 0 Å². The number of guanidine groups is 1. The van der Waals surface area contributed by atoms with Crippen LogP contribution in [0.4, 0.5) is 0 Å². The second-order valence-corrected chi connectivity index (χ2v) is 6.01. The Morgan fingerprint density at radius 3 is 2.75 bits per heavy atom. The molecule has 0 unspecified atom stereocenters. The minimum absolute atomic E-state index is 0.364. The van der Waals surface area contributed by atoms with Crippen LogP contribution in [0, 0.1) is 0 Å². The van der Waals surface area contributed by atoms with Crippen molar-refractivity contribution in [2.75, 3.05) is 7.05 Å². The second-order valence-electron chi connectivity index (χ2n) is 6.01. The first-order chi connectivity index (χ1) is 11.8. The van der Waals surface area contributed by atoms with Gasteiger partial charge in [-0.05, 0) is 55.0 Å². The van der Waals surface area contributed by atoms with Crippen molar-refractivity contribution < 1.29 is 5.11 Å². The van der Waals surface area contributed by atoms with E-state index in [1.165, 1.54) is 24.0 Å². The molecule has 0 spiro atoms. The maximum absolute atomic E-state index is 10.2. The van der Waals surface area contributed by atoms with Gasteiger partial charge in [0.05, 0.1) is 12.2 Å². The number of rotatable bonds is 4. The van der Waals surface area contributed by atoms with E-state index < -0.39 is 0 Å². The number of fused-ring (bicyclic) bond motifs is 1. The van der Waals surface area contributed by atoms with Gasteiger partial charge in [0, 0.05) is 25.4 Å². The molecule has 5 heteroatoms. The van der Waals surface area contributed by atoms with Crippen LogP contribution in [-0.4, -0.2) is 23.1 Å². The van der Waals surface area contributed by atoms with Crippen molar-refractivity contribution in [1.29, 1.82) is 0 Å². The molecule has 0 radical (unpaired) electrons. The van der Waals surface area contributed by atoms with E-state index in [0.29, 0.717) is 24.8 Å². The van der Waals surface area contributed by atoms with E-state index in [-0.39, 0.29) is 0 Å². The van der Waals surface area contributed by atoms with E-state index in [4.69, 9.17) is 0 Å². The number of nitrogens with zero attached hydrogens (tertiary/aromatic N) is 2. The Morgan fingerprint density at radius 1 is 1.12 bits per heavy atom. The molecule has 1 aromatic heterocycles. The van der Waals surface area contributed by atoms with E-state index in [1.54, 1.807) is 13.2 Å². The van der Waals surface area contributed by atoms with Crippen LogP contribution in [0.2, 0.25) is 0 Å². The van der Waals surface area contributed by atoms with Crippen LogP contribution in [0.5, 0.6) is 5.75 Å². The standard InChI is InChI=1S/C19H24N4O/c1-20-19(22-12-15-7-4-5-11-21-15)23-13-17-16-8-3-2-6-14(16)9-10-18(17)24/h4-5,7,9-11,24H,2-3,6,8,12-13H2,1H3,(H2,20,22,23). The lowest BCUT2D eigenvalue weighted by molar-refractivity contribution is 0.464. The third kappa shape index (κ3) is 3.85. The summed E-state index contributed by atoms with van der Waals surface area (Å²) in [7, 11) is 1.74. The maximum Gasteiger partial charge on any atom is 0.191 e. The van der Waals surface area contributed by atoms with Gasteiger partial charge < -0.3 is 15.7 Å². The third-order valence-corrected chi connectivity index (χ3v) is 4.45. The number of nitrogens with one attached hydrogen (secondary N) is 2. The van der Waals surface area contributed by atoms with E-state index in [0.717, 1.165) is 24.1 Å². The molecule has 0 amide bonds. The normalized spacial score (nSPS) is 14.1. The molecular formula is C19H24N4O. The van der Waals surface area contributed by atoms with E-state index in [2.05, 4.69) is 26.7 Å². The first kappa shape index (κ1) is 16.3. The zero-order chi connectivity index (χ0) is 16.8. The Labute approximate surface area is 142 Å². The van der Waals surface area contributed by atoms with Gasteiger partial charge in [-0.15, -0.1) is 0 Å². The van der Waals surface area contributed by atoms with Crippen molar-refractivity contribution >= 4 is 5.96 Å². The van der Waals surface area contributed by atoms with Crippen LogP contribution < -0.4 is 10.6 Å². The lowest BCUT2D eigenvalue weighted by atomic mass is 9.88. The lowest BCUT2D eigenvalue weighted by Crippen LogP contribution is -2.36. The average molecular weight is 324 g/mol. The van der Waals surface area contributed by atoms with Crippen LogP contribution >= 0.6 is 0 Å². The van der Waals surface area contributed by atoms with Gasteiger partial charge >= 0.3 is 0 Å². The first-order valence-electron chi connectivity index (χ1n) is 8.45. The highest BCUT2D eigenvalue weighted by Gasteiger charge is 2.16. The largest absolute Gasteiger partial charge is 0.508 e. The van der Waals surface area contributed by atoms with Crippen molar-refractivity contribution in [2.24, 2.45) is 4.99 Å². The molecule has 3 N–H and O–H groups in total. The number of aryl methyl sites for hydroxylation is 1. The molecule has 1 heterocycles. The van der Waals surface area contributed by atoms with Crippen LogP contribution in [0.1, 0.15) is 35.2 Å². The summed E-state index contributed by atoms with van der Waals surface area (Å²) in [4.78, 5) is 8.53. The zero-order valence-electron chi connectivity index (χ0n) is 14.0. The number of aromatic nitrogens is 1. The van der Waals surface area contributed by atoms with Gasteiger partial charge in [0.2, 0.25) is 0 Å². The number of aliphatic imine (C=N–C) groups is 1. The predicted octanol–water partition coefficient (Wildman–Crippen LogP) is 2.53. The summed E-state index contributed by atoms with van der Waals surface area (Å²) in [6.45, 7) is 1.18. The Kier molecular flexibility index (Phi) is 5.31. The molecule has 0 aliphatic heterocycles. The molecule has 126 valence electrons. The lowest BCUT2D eigenvalue weighted by Gasteiger charge is -2.21. The summed E-state index contributed by atoms with van der Waals surface area (Å²) in [5.74, 6) is 1.07. The fourth-order valence-corrected chi connectivity index (χ4v) is 3.16. The Balaban J connectivity index is 1.64. The molecule has 1 aromatic carbocycles. The molecule has 0 saturated heterocycles. The Hall–Kier alpha value is -2.56.